The molecule has 0 radical (unpaired) electrons. The summed E-state index contributed by atoms with van der Waals surface area (Å²) in [5.41, 5.74) is 9.02. The Bertz CT molecular complexity index is 1050. The largest absolute Gasteiger partial charge is 0.369 e. The number of nitrogens with two attached hydrogens (primary N) is 1. The van der Waals surface area contributed by atoms with Crippen LogP contribution in [0.5, 0.6) is 0 Å². The number of aryl methyl sites for hydroxylation is 4. The van der Waals surface area contributed by atoms with E-state index in [1.165, 1.54) is 23.1 Å². The van der Waals surface area contributed by atoms with Crippen LogP contribution in [-0.4, -0.2) is 21.2 Å². The lowest BCUT2D eigenvalue weighted by molar-refractivity contribution is -0.115. The molecule has 5 nitrogen and oxygen atoms in total. The number of primary amides is 1. The second kappa shape index (κ2) is 6.65. The molecule has 0 saturated heterocycles. The van der Waals surface area contributed by atoms with Crippen molar-refractivity contribution in [1.29, 1.82) is 0 Å². The predicted octanol–water partition coefficient (Wildman–Crippen LogP) is 3.26. The van der Waals surface area contributed by atoms with Gasteiger partial charge in [0.1, 0.15) is 4.83 Å². The van der Waals surface area contributed by atoms with E-state index in [-0.39, 0.29) is 11.3 Å². The minimum atomic E-state index is -0.440. The van der Waals surface area contributed by atoms with Crippen LogP contribution in [0.3, 0.4) is 0 Å². The lowest BCUT2D eigenvalue weighted by Gasteiger charge is -2.14. The molecule has 1 aromatic carbocycles. The molecule has 7 heteroatoms. The number of carbonyl (C=O) groups excluding carboxylic acids is 1. The molecule has 1 amide bonds. The van der Waals surface area contributed by atoms with Gasteiger partial charge in [-0.3, -0.25) is 14.2 Å². The highest BCUT2D eigenvalue weighted by molar-refractivity contribution is 7.99. The maximum Gasteiger partial charge on any atom is 0.267 e. The van der Waals surface area contributed by atoms with Gasteiger partial charge in [-0.1, -0.05) is 29.5 Å². The first-order chi connectivity index (χ1) is 11.8. The normalized spacial score (nSPS) is 11.2. The Balaban J connectivity index is 2.35. The highest BCUT2D eigenvalue weighted by atomic mass is 32.2. The van der Waals surface area contributed by atoms with Crippen LogP contribution < -0.4 is 11.3 Å². The van der Waals surface area contributed by atoms with Gasteiger partial charge in [-0.2, -0.15) is 0 Å². The Labute approximate surface area is 153 Å². The molecular formula is C18H19N3O2S2. The number of thioether (sulfide) groups is 1. The van der Waals surface area contributed by atoms with Gasteiger partial charge in [0.15, 0.2) is 5.16 Å². The Morgan fingerprint density at radius 2 is 2.00 bits per heavy atom. The van der Waals surface area contributed by atoms with Gasteiger partial charge >= 0.3 is 0 Å². The van der Waals surface area contributed by atoms with E-state index in [9.17, 15) is 9.59 Å². The van der Waals surface area contributed by atoms with Gasteiger partial charge in [0.05, 0.1) is 16.8 Å². The molecule has 0 saturated carbocycles. The number of hydrogen-bond acceptors (Lipinski definition) is 5. The molecule has 3 aromatic rings. The van der Waals surface area contributed by atoms with Crippen molar-refractivity contribution in [2.24, 2.45) is 5.73 Å². The number of rotatable bonds is 4. The average Bonchev–Trinajstić information content (AvgIpc) is 2.81. The van der Waals surface area contributed by atoms with Crippen molar-refractivity contribution in [3.05, 3.63) is 50.1 Å². The highest BCUT2D eigenvalue weighted by Gasteiger charge is 2.19. The van der Waals surface area contributed by atoms with Crippen LogP contribution in [0.15, 0.2) is 28.2 Å². The number of thiophene rings is 1. The first kappa shape index (κ1) is 17.7. The van der Waals surface area contributed by atoms with Gasteiger partial charge in [-0.15, -0.1) is 11.3 Å². The van der Waals surface area contributed by atoms with Crippen molar-refractivity contribution in [1.82, 2.24) is 9.55 Å². The molecule has 0 aliphatic heterocycles. The van der Waals surface area contributed by atoms with E-state index in [2.05, 4.69) is 4.98 Å². The summed E-state index contributed by atoms with van der Waals surface area (Å²) in [6.07, 6.45) is 0. The van der Waals surface area contributed by atoms with Gasteiger partial charge in [-0.05, 0) is 44.9 Å². The van der Waals surface area contributed by atoms with Gasteiger partial charge in [0.25, 0.3) is 5.56 Å². The molecule has 130 valence electrons. The molecule has 0 aliphatic carbocycles. The molecular weight excluding hydrogens is 354 g/mol. The van der Waals surface area contributed by atoms with Crippen LogP contribution in [-0.2, 0) is 4.79 Å². The molecule has 0 fully saturated rings. The Morgan fingerprint density at radius 1 is 1.28 bits per heavy atom. The number of amides is 1. The first-order valence-electron chi connectivity index (χ1n) is 7.81. The summed E-state index contributed by atoms with van der Waals surface area (Å²) in [7, 11) is 0. The van der Waals surface area contributed by atoms with E-state index in [0.717, 1.165) is 27.3 Å². The van der Waals surface area contributed by atoms with Crippen molar-refractivity contribution >= 4 is 39.2 Å². The summed E-state index contributed by atoms with van der Waals surface area (Å²) in [6, 6.07) is 5.91. The zero-order valence-electron chi connectivity index (χ0n) is 14.5. The van der Waals surface area contributed by atoms with Crippen LogP contribution in [0.4, 0.5) is 0 Å². The quantitative estimate of drug-likeness (QED) is 0.562. The third-order valence-electron chi connectivity index (χ3n) is 4.11. The zero-order chi connectivity index (χ0) is 18.3. The average molecular weight is 374 g/mol. The molecule has 2 N–H and O–H groups in total. The number of benzene rings is 1. The fourth-order valence-electron chi connectivity index (χ4n) is 2.78. The van der Waals surface area contributed by atoms with Crippen molar-refractivity contribution in [2.45, 2.75) is 32.9 Å². The summed E-state index contributed by atoms with van der Waals surface area (Å²) in [5.74, 6) is -0.364. The molecule has 25 heavy (non-hydrogen) atoms. The SMILES string of the molecule is Cc1ccc(-n2c(SCC(N)=O)nc3sc(C)c(C)c3c2=O)c(C)c1. The Hall–Kier alpha value is -2.12. The standard InChI is InChI=1S/C18H19N3O2S2/c1-9-5-6-13(10(2)7-9)21-17(23)15-11(3)12(4)25-16(15)20-18(21)24-8-14(19)22/h5-7H,8H2,1-4H3,(H2,19,22). The molecule has 3 rings (SSSR count). The minimum Gasteiger partial charge on any atom is -0.369 e. The first-order valence-corrected chi connectivity index (χ1v) is 9.61. The van der Waals surface area contributed by atoms with Crippen LogP contribution in [0.25, 0.3) is 15.9 Å². The molecule has 0 aliphatic rings. The number of aromatic nitrogens is 2. The summed E-state index contributed by atoms with van der Waals surface area (Å²) >= 11 is 2.69. The fourth-order valence-corrected chi connectivity index (χ4v) is 4.59. The van der Waals surface area contributed by atoms with E-state index < -0.39 is 5.91 Å². The van der Waals surface area contributed by atoms with Gasteiger partial charge in [0.2, 0.25) is 5.91 Å². The molecule has 0 bridgehead atoms. The van der Waals surface area contributed by atoms with E-state index >= 15 is 0 Å². The maximum atomic E-state index is 13.3. The maximum absolute atomic E-state index is 13.3. The number of carbonyl (C=O) groups is 1. The summed E-state index contributed by atoms with van der Waals surface area (Å²) in [6.45, 7) is 7.90. The topological polar surface area (TPSA) is 78.0 Å². The summed E-state index contributed by atoms with van der Waals surface area (Å²) in [5, 5.41) is 1.13. The zero-order valence-corrected chi connectivity index (χ0v) is 16.2. The molecule has 0 spiro atoms. The van der Waals surface area contributed by atoms with Crippen LogP contribution in [0, 0.1) is 27.7 Å². The summed E-state index contributed by atoms with van der Waals surface area (Å²) < 4.78 is 1.60. The lowest BCUT2D eigenvalue weighted by Crippen LogP contribution is -2.23. The van der Waals surface area contributed by atoms with Crippen LogP contribution in [0.2, 0.25) is 0 Å². The van der Waals surface area contributed by atoms with E-state index in [0.29, 0.717) is 15.4 Å². The number of hydrogen-bond donors (Lipinski definition) is 1. The molecule has 2 heterocycles. The predicted molar refractivity (Wildman–Crippen MR) is 104 cm³/mol. The lowest BCUT2D eigenvalue weighted by atomic mass is 10.1. The molecule has 0 atom stereocenters. The second-order valence-electron chi connectivity index (χ2n) is 6.04. The minimum absolute atomic E-state index is 0.0756. The monoisotopic (exact) mass is 373 g/mol. The van der Waals surface area contributed by atoms with Gasteiger partial charge < -0.3 is 5.73 Å². The summed E-state index contributed by atoms with van der Waals surface area (Å²) in [4.78, 5) is 30.9. The Kier molecular flexibility index (Phi) is 4.71. The van der Waals surface area contributed by atoms with Crippen molar-refractivity contribution in [2.75, 3.05) is 5.75 Å². The van der Waals surface area contributed by atoms with Crippen LogP contribution in [0.1, 0.15) is 21.6 Å². The number of nitrogens with zero attached hydrogens (tertiary/aromatic N) is 2. The van der Waals surface area contributed by atoms with Crippen LogP contribution >= 0.6 is 23.1 Å². The highest BCUT2D eigenvalue weighted by Crippen LogP contribution is 2.30. The molecule has 0 unspecified atom stereocenters. The third-order valence-corrected chi connectivity index (χ3v) is 6.17. The van der Waals surface area contributed by atoms with Gasteiger partial charge in [-0.25, -0.2) is 4.98 Å². The van der Waals surface area contributed by atoms with Crippen molar-refractivity contribution in [3.8, 4) is 5.69 Å². The van der Waals surface area contributed by atoms with Crippen molar-refractivity contribution in [3.63, 3.8) is 0 Å². The smallest absolute Gasteiger partial charge is 0.267 e. The second-order valence-corrected chi connectivity index (χ2v) is 8.19. The van der Waals surface area contributed by atoms with Gasteiger partial charge in [0, 0.05) is 4.88 Å². The Morgan fingerprint density at radius 3 is 2.64 bits per heavy atom. The fraction of sp³-hybridized carbons (Fsp3) is 0.278. The van der Waals surface area contributed by atoms with E-state index in [1.807, 2.05) is 45.9 Å². The third kappa shape index (κ3) is 3.21. The van der Waals surface area contributed by atoms with E-state index in [1.54, 1.807) is 4.57 Å². The van der Waals surface area contributed by atoms with E-state index in [4.69, 9.17) is 5.73 Å². The van der Waals surface area contributed by atoms with Crippen molar-refractivity contribution < 1.29 is 4.79 Å². The molecule has 2 aromatic heterocycles. The number of fused-ring (bicyclic) bond motifs is 1.